The SMILES string of the molecule is COc1ccc(CN=C(NCC(=O)N(C)C)N2CCN(Cc3ccccc3)CC2)cc1. The van der Waals surface area contributed by atoms with E-state index in [1.165, 1.54) is 5.56 Å². The van der Waals surface area contributed by atoms with E-state index in [9.17, 15) is 4.79 Å². The van der Waals surface area contributed by atoms with Crippen molar-refractivity contribution in [1.29, 1.82) is 0 Å². The predicted octanol–water partition coefficient (Wildman–Crippen LogP) is 2.05. The average Bonchev–Trinajstić information content (AvgIpc) is 2.80. The summed E-state index contributed by atoms with van der Waals surface area (Å²) in [5.74, 6) is 1.64. The number of ether oxygens (including phenoxy) is 1. The Morgan fingerprint density at radius 1 is 1.00 bits per heavy atom. The van der Waals surface area contributed by atoms with Crippen molar-refractivity contribution in [2.75, 3.05) is 53.9 Å². The molecular formula is C24H33N5O2. The van der Waals surface area contributed by atoms with Crippen LogP contribution in [0, 0.1) is 0 Å². The molecule has 1 aliphatic heterocycles. The van der Waals surface area contributed by atoms with E-state index in [0.29, 0.717) is 6.54 Å². The average molecular weight is 424 g/mol. The van der Waals surface area contributed by atoms with Gasteiger partial charge < -0.3 is 19.9 Å². The molecule has 3 rings (SSSR count). The Morgan fingerprint density at radius 3 is 2.29 bits per heavy atom. The molecule has 0 radical (unpaired) electrons. The van der Waals surface area contributed by atoms with Crippen LogP contribution in [0.2, 0.25) is 0 Å². The molecule has 0 aliphatic carbocycles. The minimum absolute atomic E-state index is 0.0276. The molecule has 1 saturated heterocycles. The van der Waals surface area contributed by atoms with Gasteiger partial charge in [0.2, 0.25) is 5.91 Å². The molecule has 0 saturated carbocycles. The van der Waals surface area contributed by atoms with Crippen LogP contribution < -0.4 is 10.1 Å². The van der Waals surface area contributed by atoms with Crippen LogP contribution in [0.15, 0.2) is 59.6 Å². The second-order valence-electron chi connectivity index (χ2n) is 7.88. The summed E-state index contributed by atoms with van der Waals surface area (Å²) in [6, 6.07) is 18.5. The van der Waals surface area contributed by atoms with Crippen LogP contribution in [0.25, 0.3) is 0 Å². The topological polar surface area (TPSA) is 60.4 Å². The summed E-state index contributed by atoms with van der Waals surface area (Å²) >= 11 is 0. The summed E-state index contributed by atoms with van der Waals surface area (Å²) in [5, 5.41) is 3.27. The third-order valence-electron chi connectivity index (χ3n) is 5.39. The number of piperazine rings is 1. The predicted molar refractivity (Wildman–Crippen MR) is 124 cm³/mol. The molecule has 166 valence electrons. The summed E-state index contributed by atoms with van der Waals surface area (Å²) in [7, 11) is 5.19. The number of methoxy groups -OCH3 is 1. The third kappa shape index (κ3) is 7.00. The number of likely N-dealkylation sites (N-methyl/N-ethyl adjacent to an activating group) is 1. The summed E-state index contributed by atoms with van der Waals surface area (Å²) in [6.07, 6.45) is 0. The number of hydrogen-bond acceptors (Lipinski definition) is 4. The van der Waals surface area contributed by atoms with Crippen molar-refractivity contribution in [3.63, 3.8) is 0 Å². The Hall–Kier alpha value is -3.06. The van der Waals surface area contributed by atoms with Crippen LogP contribution in [0.4, 0.5) is 0 Å². The second kappa shape index (κ2) is 11.4. The fourth-order valence-electron chi connectivity index (χ4n) is 3.44. The van der Waals surface area contributed by atoms with Crippen molar-refractivity contribution >= 4 is 11.9 Å². The molecule has 0 atom stereocenters. The van der Waals surface area contributed by atoms with Gasteiger partial charge in [0.15, 0.2) is 5.96 Å². The van der Waals surface area contributed by atoms with Gasteiger partial charge in [0.25, 0.3) is 0 Å². The molecule has 0 bridgehead atoms. The lowest BCUT2D eigenvalue weighted by molar-refractivity contribution is -0.127. The molecule has 7 nitrogen and oxygen atoms in total. The monoisotopic (exact) mass is 423 g/mol. The summed E-state index contributed by atoms with van der Waals surface area (Å²) in [5.41, 5.74) is 2.43. The lowest BCUT2D eigenvalue weighted by Gasteiger charge is -2.36. The van der Waals surface area contributed by atoms with Crippen LogP contribution in [0.5, 0.6) is 5.75 Å². The Bertz CT molecular complexity index is 844. The number of benzene rings is 2. The molecule has 0 spiro atoms. The fourth-order valence-corrected chi connectivity index (χ4v) is 3.44. The number of carbonyl (C=O) groups is 1. The zero-order chi connectivity index (χ0) is 22.1. The number of hydrogen-bond donors (Lipinski definition) is 1. The van der Waals surface area contributed by atoms with Crippen molar-refractivity contribution in [1.82, 2.24) is 20.0 Å². The smallest absolute Gasteiger partial charge is 0.241 e. The minimum atomic E-state index is 0.0276. The van der Waals surface area contributed by atoms with Crippen LogP contribution in [-0.4, -0.2) is 80.5 Å². The summed E-state index contributed by atoms with van der Waals surface area (Å²) < 4.78 is 5.23. The molecule has 0 aromatic heterocycles. The van der Waals surface area contributed by atoms with Gasteiger partial charge in [0.1, 0.15) is 5.75 Å². The van der Waals surface area contributed by atoms with Crippen LogP contribution in [0.3, 0.4) is 0 Å². The highest BCUT2D eigenvalue weighted by Crippen LogP contribution is 2.13. The van der Waals surface area contributed by atoms with Gasteiger partial charge in [-0.3, -0.25) is 9.69 Å². The number of rotatable bonds is 7. The van der Waals surface area contributed by atoms with Crippen molar-refractivity contribution in [2.45, 2.75) is 13.1 Å². The molecular weight excluding hydrogens is 390 g/mol. The maximum atomic E-state index is 12.1. The first-order valence-electron chi connectivity index (χ1n) is 10.7. The van der Waals surface area contributed by atoms with Crippen LogP contribution in [-0.2, 0) is 17.9 Å². The molecule has 2 aromatic carbocycles. The number of nitrogens with zero attached hydrogens (tertiary/aromatic N) is 4. The molecule has 1 amide bonds. The molecule has 1 heterocycles. The Balaban J connectivity index is 1.62. The van der Waals surface area contributed by atoms with E-state index in [-0.39, 0.29) is 12.5 Å². The van der Waals surface area contributed by atoms with Gasteiger partial charge in [-0.05, 0) is 23.3 Å². The van der Waals surface area contributed by atoms with Gasteiger partial charge in [-0.1, -0.05) is 42.5 Å². The Labute approximate surface area is 185 Å². The quantitative estimate of drug-likeness (QED) is 0.546. The van der Waals surface area contributed by atoms with Gasteiger partial charge >= 0.3 is 0 Å². The molecule has 1 fully saturated rings. The van der Waals surface area contributed by atoms with Gasteiger partial charge in [-0.2, -0.15) is 0 Å². The van der Waals surface area contributed by atoms with E-state index in [0.717, 1.165) is 50.0 Å². The second-order valence-corrected chi connectivity index (χ2v) is 7.88. The number of guanidine groups is 1. The van der Waals surface area contributed by atoms with Crippen LogP contribution in [0.1, 0.15) is 11.1 Å². The largest absolute Gasteiger partial charge is 0.497 e. The number of aliphatic imine (C=N–C) groups is 1. The molecule has 2 aromatic rings. The van der Waals surface area contributed by atoms with Gasteiger partial charge in [-0.25, -0.2) is 4.99 Å². The van der Waals surface area contributed by atoms with Gasteiger partial charge in [0.05, 0.1) is 20.2 Å². The number of carbonyl (C=O) groups excluding carboxylic acids is 1. The van der Waals surface area contributed by atoms with Crippen molar-refractivity contribution in [3.8, 4) is 5.75 Å². The van der Waals surface area contributed by atoms with E-state index in [1.54, 1.807) is 26.1 Å². The maximum absolute atomic E-state index is 12.1. The van der Waals surface area contributed by atoms with Crippen molar-refractivity contribution < 1.29 is 9.53 Å². The number of amides is 1. The van der Waals surface area contributed by atoms with E-state index in [1.807, 2.05) is 30.3 Å². The standard InChI is InChI=1S/C24H33N5O2/c1-27(2)23(30)18-26-24(25-17-20-9-11-22(31-3)12-10-20)29-15-13-28(14-16-29)19-21-7-5-4-6-8-21/h4-12H,13-19H2,1-3H3,(H,25,26). The molecule has 7 heteroatoms. The third-order valence-corrected chi connectivity index (χ3v) is 5.39. The fraction of sp³-hybridized carbons (Fsp3) is 0.417. The van der Waals surface area contributed by atoms with Gasteiger partial charge in [-0.15, -0.1) is 0 Å². The van der Waals surface area contributed by atoms with Crippen molar-refractivity contribution in [3.05, 3.63) is 65.7 Å². The first-order valence-corrected chi connectivity index (χ1v) is 10.7. The van der Waals surface area contributed by atoms with E-state index >= 15 is 0 Å². The first-order chi connectivity index (χ1) is 15.0. The first kappa shape index (κ1) is 22.6. The molecule has 1 N–H and O–H groups in total. The Kier molecular flexibility index (Phi) is 8.29. The summed E-state index contributed by atoms with van der Waals surface area (Å²) in [6.45, 7) is 5.40. The zero-order valence-corrected chi connectivity index (χ0v) is 18.8. The highest BCUT2D eigenvalue weighted by molar-refractivity contribution is 5.86. The highest BCUT2D eigenvalue weighted by atomic mass is 16.5. The molecule has 1 aliphatic rings. The number of nitrogens with one attached hydrogen (secondary N) is 1. The minimum Gasteiger partial charge on any atom is -0.497 e. The maximum Gasteiger partial charge on any atom is 0.241 e. The van der Waals surface area contributed by atoms with Crippen LogP contribution >= 0.6 is 0 Å². The summed E-state index contributed by atoms with van der Waals surface area (Å²) in [4.78, 5) is 23.2. The van der Waals surface area contributed by atoms with E-state index in [4.69, 9.17) is 9.73 Å². The zero-order valence-electron chi connectivity index (χ0n) is 18.8. The lowest BCUT2D eigenvalue weighted by Crippen LogP contribution is -2.53. The van der Waals surface area contributed by atoms with E-state index < -0.39 is 0 Å². The van der Waals surface area contributed by atoms with Gasteiger partial charge in [0, 0.05) is 46.8 Å². The van der Waals surface area contributed by atoms with Crippen molar-refractivity contribution in [2.24, 2.45) is 4.99 Å². The lowest BCUT2D eigenvalue weighted by atomic mass is 10.2. The molecule has 31 heavy (non-hydrogen) atoms. The molecule has 0 unspecified atom stereocenters. The normalized spacial score (nSPS) is 14.9. The Morgan fingerprint density at radius 2 is 1.68 bits per heavy atom. The van der Waals surface area contributed by atoms with E-state index in [2.05, 4.69) is 39.4 Å². The highest BCUT2D eigenvalue weighted by Gasteiger charge is 2.20.